The molecule has 2 rings (SSSR count). The quantitative estimate of drug-likeness (QED) is 0.433. The summed E-state index contributed by atoms with van der Waals surface area (Å²) in [5.74, 6) is 2.06. The fraction of sp³-hybridized carbons (Fsp3) is 0.778. The summed E-state index contributed by atoms with van der Waals surface area (Å²) < 4.78 is 0. The van der Waals surface area contributed by atoms with Crippen molar-refractivity contribution < 1.29 is 0 Å². The van der Waals surface area contributed by atoms with Crippen LogP contribution in [0.25, 0.3) is 0 Å². The third kappa shape index (κ3) is 0.726. The lowest BCUT2D eigenvalue weighted by Crippen LogP contribution is -2.00. The Balaban J connectivity index is 2.16. The maximum atomic E-state index is 2.44. The number of fused-ring (bicyclic) bond motifs is 1. The summed E-state index contributed by atoms with van der Waals surface area (Å²) in [5, 5.41) is 0. The van der Waals surface area contributed by atoms with Gasteiger partial charge in [-0.3, -0.25) is 0 Å². The average molecular weight is 122 g/mol. The van der Waals surface area contributed by atoms with Gasteiger partial charge in [0, 0.05) is 0 Å². The molecule has 1 fully saturated rings. The van der Waals surface area contributed by atoms with Crippen LogP contribution in [0.4, 0.5) is 0 Å². The first-order valence-corrected chi connectivity index (χ1v) is 4.04. The van der Waals surface area contributed by atoms with Crippen molar-refractivity contribution >= 4 is 0 Å². The topological polar surface area (TPSA) is 0 Å². The van der Waals surface area contributed by atoms with E-state index in [0.29, 0.717) is 0 Å². The van der Waals surface area contributed by atoms with Crippen molar-refractivity contribution in [3.05, 3.63) is 11.6 Å². The van der Waals surface area contributed by atoms with Gasteiger partial charge in [-0.1, -0.05) is 18.1 Å². The Kier molecular flexibility index (Phi) is 1.14. The predicted octanol–water partition coefficient (Wildman–Crippen LogP) is 2.75. The zero-order chi connectivity index (χ0) is 6.27. The molecule has 50 valence electrons. The van der Waals surface area contributed by atoms with Crippen LogP contribution in [-0.4, -0.2) is 0 Å². The zero-order valence-corrected chi connectivity index (χ0v) is 6.06. The molecule has 0 amide bonds. The third-order valence-electron chi connectivity index (χ3n) is 2.99. The molecule has 0 nitrogen and oxygen atoms in total. The molecule has 0 saturated heterocycles. The van der Waals surface area contributed by atoms with E-state index in [2.05, 4.69) is 13.0 Å². The van der Waals surface area contributed by atoms with Crippen LogP contribution in [0, 0.1) is 11.8 Å². The standard InChI is InChI=1S/C9H14/c1-7-5-6-8-3-2-4-9(7)8/h5,8-9H,2-4,6H2,1H3/t8-,9+/m0/s1. The Labute approximate surface area is 57.0 Å². The molecular weight excluding hydrogens is 108 g/mol. The Hall–Kier alpha value is -0.260. The fourth-order valence-electron chi connectivity index (χ4n) is 2.41. The van der Waals surface area contributed by atoms with E-state index in [4.69, 9.17) is 0 Å². The van der Waals surface area contributed by atoms with Crippen LogP contribution in [-0.2, 0) is 0 Å². The summed E-state index contributed by atoms with van der Waals surface area (Å²) in [7, 11) is 0. The number of hydrogen-bond acceptors (Lipinski definition) is 0. The molecule has 2 aliphatic rings. The lowest BCUT2D eigenvalue weighted by Gasteiger charge is -2.09. The van der Waals surface area contributed by atoms with Gasteiger partial charge in [-0.05, 0) is 38.0 Å². The summed E-state index contributed by atoms with van der Waals surface area (Å²) in [6.45, 7) is 2.30. The first kappa shape index (κ1) is 5.52. The van der Waals surface area contributed by atoms with Crippen LogP contribution in [0.1, 0.15) is 32.6 Å². The van der Waals surface area contributed by atoms with E-state index >= 15 is 0 Å². The summed E-state index contributed by atoms with van der Waals surface area (Å²) >= 11 is 0. The second-order valence-electron chi connectivity index (χ2n) is 3.48. The van der Waals surface area contributed by atoms with E-state index in [1.165, 1.54) is 25.7 Å². The number of hydrogen-bond donors (Lipinski definition) is 0. The lowest BCUT2D eigenvalue weighted by atomic mass is 9.96. The molecular formula is C9H14. The maximum Gasteiger partial charge on any atom is -0.0175 e. The third-order valence-corrected chi connectivity index (χ3v) is 2.99. The number of allylic oxidation sites excluding steroid dienone is 2. The summed E-state index contributed by atoms with van der Waals surface area (Å²) in [4.78, 5) is 0. The van der Waals surface area contributed by atoms with Crippen LogP contribution >= 0.6 is 0 Å². The molecule has 0 radical (unpaired) electrons. The van der Waals surface area contributed by atoms with Crippen molar-refractivity contribution in [3.8, 4) is 0 Å². The normalized spacial score (nSPS) is 40.8. The fourth-order valence-corrected chi connectivity index (χ4v) is 2.41. The highest BCUT2D eigenvalue weighted by atomic mass is 14.4. The van der Waals surface area contributed by atoms with E-state index in [-0.39, 0.29) is 0 Å². The highest BCUT2D eigenvalue weighted by Gasteiger charge is 2.30. The van der Waals surface area contributed by atoms with Crippen LogP contribution in [0.15, 0.2) is 11.6 Å². The van der Waals surface area contributed by atoms with Crippen molar-refractivity contribution in [2.75, 3.05) is 0 Å². The molecule has 0 aromatic carbocycles. The second-order valence-corrected chi connectivity index (χ2v) is 3.48. The van der Waals surface area contributed by atoms with E-state index in [9.17, 15) is 0 Å². The molecule has 9 heavy (non-hydrogen) atoms. The van der Waals surface area contributed by atoms with E-state index in [1.54, 1.807) is 5.57 Å². The van der Waals surface area contributed by atoms with Crippen LogP contribution in [0.3, 0.4) is 0 Å². The SMILES string of the molecule is CC1=CC[C@@H]2CCC[C@H]12. The molecule has 0 aromatic heterocycles. The molecule has 0 spiro atoms. The van der Waals surface area contributed by atoms with Crippen molar-refractivity contribution in [2.45, 2.75) is 32.6 Å². The second kappa shape index (κ2) is 1.86. The number of rotatable bonds is 0. The van der Waals surface area contributed by atoms with Crippen molar-refractivity contribution in [1.82, 2.24) is 0 Å². The van der Waals surface area contributed by atoms with Crippen LogP contribution in [0.2, 0.25) is 0 Å². The molecule has 0 aliphatic heterocycles. The van der Waals surface area contributed by atoms with Gasteiger partial charge in [-0.25, -0.2) is 0 Å². The van der Waals surface area contributed by atoms with Gasteiger partial charge in [0.05, 0.1) is 0 Å². The highest BCUT2D eigenvalue weighted by Crippen LogP contribution is 2.43. The Bertz CT molecular complexity index is 144. The lowest BCUT2D eigenvalue weighted by molar-refractivity contribution is 0.481. The van der Waals surface area contributed by atoms with Gasteiger partial charge in [-0.15, -0.1) is 0 Å². The van der Waals surface area contributed by atoms with E-state index in [0.717, 1.165) is 11.8 Å². The van der Waals surface area contributed by atoms with Crippen molar-refractivity contribution in [1.29, 1.82) is 0 Å². The van der Waals surface area contributed by atoms with Crippen LogP contribution in [0.5, 0.6) is 0 Å². The molecule has 2 aliphatic carbocycles. The Morgan fingerprint density at radius 1 is 1.44 bits per heavy atom. The minimum absolute atomic E-state index is 1.00. The zero-order valence-electron chi connectivity index (χ0n) is 6.06. The molecule has 0 unspecified atom stereocenters. The summed E-state index contributed by atoms with van der Waals surface area (Å²) in [5.41, 5.74) is 1.68. The van der Waals surface area contributed by atoms with Crippen LogP contribution < -0.4 is 0 Å². The van der Waals surface area contributed by atoms with Gasteiger partial charge in [0.1, 0.15) is 0 Å². The van der Waals surface area contributed by atoms with E-state index in [1.807, 2.05) is 0 Å². The van der Waals surface area contributed by atoms with Gasteiger partial charge < -0.3 is 0 Å². The minimum Gasteiger partial charge on any atom is -0.0850 e. The molecule has 0 heteroatoms. The van der Waals surface area contributed by atoms with Gasteiger partial charge >= 0.3 is 0 Å². The van der Waals surface area contributed by atoms with Crippen molar-refractivity contribution in [2.24, 2.45) is 11.8 Å². The summed E-state index contributed by atoms with van der Waals surface area (Å²) in [6.07, 6.45) is 8.29. The van der Waals surface area contributed by atoms with Gasteiger partial charge in [0.25, 0.3) is 0 Å². The smallest absolute Gasteiger partial charge is 0.0175 e. The predicted molar refractivity (Wildman–Crippen MR) is 39.2 cm³/mol. The average Bonchev–Trinajstić information content (AvgIpc) is 2.35. The van der Waals surface area contributed by atoms with Crippen molar-refractivity contribution in [3.63, 3.8) is 0 Å². The Morgan fingerprint density at radius 3 is 3.11 bits per heavy atom. The van der Waals surface area contributed by atoms with Gasteiger partial charge in [0.15, 0.2) is 0 Å². The molecule has 2 atom stereocenters. The maximum absolute atomic E-state index is 2.44. The largest absolute Gasteiger partial charge is 0.0850 e. The van der Waals surface area contributed by atoms with E-state index < -0.39 is 0 Å². The minimum atomic E-state index is 1.00. The first-order valence-electron chi connectivity index (χ1n) is 4.04. The van der Waals surface area contributed by atoms with Gasteiger partial charge in [-0.2, -0.15) is 0 Å². The Morgan fingerprint density at radius 2 is 2.33 bits per heavy atom. The molecule has 0 heterocycles. The molecule has 0 bridgehead atoms. The summed E-state index contributed by atoms with van der Waals surface area (Å²) in [6, 6.07) is 0. The highest BCUT2D eigenvalue weighted by molar-refractivity contribution is 5.14. The molecule has 1 saturated carbocycles. The first-order chi connectivity index (χ1) is 4.38. The molecule has 0 aromatic rings. The van der Waals surface area contributed by atoms with Gasteiger partial charge in [0.2, 0.25) is 0 Å². The monoisotopic (exact) mass is 122 g/mol. The molecule has 0 N–H and O–H groups in total.